The summed E-state index contributed by atoms with van der Waals surface area (Å²) in [5.74, 6) is 0. The summed E-state index contributed by atoms with van der Waals surface area (Å²) in [6.45, 7) is 4.75. The number of likely N-dealkylation sites (tertiary alicyclic amines) is 1. The predicted molar refractivity (Wildman–Crippen MR) is 70.4 cm³/mol. The molecule has 0 bridgehead atoms. The van der Waals surface area contributed by atoms with Gasteiger partial charge in [0.1, 0.15) is 0 Å². The van der Waals surface area contributed by atoms with Gasteiger partial charge in [-0.25, -0.2) is 0 Å². The summed E-state index contributed by atoms with van der Waals surface area (Å²) in [4.78, 5) is 4.14. The van der Waals surface area contributed by atoms with Gasteiger partial charge in [0.05, 0.1) is 3.79 Å². The second-order valence-electron chi connectivity index (χ2n) is 4.23. The van der Waals surface area contributed by atoms with Gasteiger partial charge in [0.15, 0.2) is 0 Å². The molecular weight excluding hydrogens is 270 g/mol. The monoisotopic (exact) mass is 287 g/mol. The normalized spacial score (nSPS) is 23.2. The van der Waals surface area contributed by atoms with Gasteiger partial charge in [0, 0.05) is 17.5 Å². The molecule has 15 heavy (non-hydrogen) atoms. The molecule has 1 fully saturated rings. The Labute approximate surface area is 105 Å². The Morgan fingerprint density at radius 2 is 2.33 bits per heavy atom. The van der Waals surface area contributed by atoms with E-state index in [4.69, 9.17) is 0 Å². The number of rotatable bonds is 3. The quantitative estimate of drug-likeness (QED) is 0.802. The molecule has 0 spiro atoms. The van der Waals surface area contributed by atoms with Crippen LogP contribution < -0.4 is 0 Å². The van der Waals surface area contributed by atoms with Gasteiger partial charge in [-0.05, 0) is 53.9 Å². The lowest BCUT2D eigenvalue weighted by atomic mass is 10.00. The first-order chi connectivity index (χ1) is 7.29. The number of thiophene rings is 1. The van der Waals surface area contributed by atoms with Crippen LogP contribution in [0.1, 0.15) is 37.5 Å². The van der Waals surface area contributed by atoms with Gasteiger partial charge >= 0.3 is 0 Å². The Hall–Kier alpha value is 0.140. The zero-order chi connectivity index (χ0) is 10.7. The zero-order valence-electron chi connectivity index (χ0n) is 9.21. The smallest absolute Gasteiger partial charge is 0.0701 e. The SMILES string of the molecule is CCC1CCCCN1Cc1ccc(Br)s1. The largest absolute Gasteiger partial charge is 0.295 e. The van der Waals surface area contributed by atoms with Crippen LogP contribution in [0.4, 0.5) is 0 Å². The summed E-state index contributed by atoms with van der Waals surface area (Å²) in [5, 5.41) is 0. The molecule has 1 atom stereocenters. The van der Waals surface area contributed by atoms with E-state index in [1.807, 2.05) is 11.3 Å². The molecule has 1 nitrogen and oxygen atoms in total. The van der Waals surface area contributed by atoms with Crippen LogP contribution in [-0.2, 0) is 6.54 Å². The third-order valence-corrected chi connectivity index (χ3v) is 4.82. The van der Waals surface area contributed by atoms with Gasteiger partial charge in [-0.15, -0.1) is 11.3 Å². The van der Waals surface area contributed by atoms with E-state index < -0.39 is 0 Å². The molecule has 1 aliphatic rings. The highest BCUT2D eigenvalue weighted by Gasteiger charge is 2.20. The molecule has 1 aromatic rings. The van der Waals surface area contributed by atoms with Crippen LogP contribution in [0.25, 0.3) is 0 Å². The lowest BCUT2D eigenvalue weighted by Crippen LogP contribution is -2.38. The van der Waals surface area contributed by atoms with Crippen LogP contribution in [0.15, 0.2) is 15.9 Å². The Morgan fingerprint density at radius 1 is 1.47 bits per heavy atom. The van der Waals surface area contributed by atoms with Crippen molar-refractivity contribution in [2.24, 2.45) is 0 Å². The van der Waals surface area contributed by atoms with E-state index in [0.29, 0.717) is 0 Å². The molecule has 2 heterocycles. The number of hydrogen-bond donors (Lipinski definition) is 0. The Bertz CT molecular complexity index is 310. The maximum Gasteiger partial charge on any atom is 0.0701 e. The number of halogens is 1. The van der Waals surface area contributed by atoms with Crippen LogP contribution in [0, 0.1) is 0 Å². The average molecular weight is 288 g/mol. The Balaban J connectivity index is 1.97. The highest BCUT2D eigenvalue weighted by atomic mass is 79.9. The van der Waals surface area contributed by atoms with Crippen LogP contribution in [-0.4, -0.2) is 17.5 Å². The first-order valence-electron chi connectivity index (χ1n) is 5.78. The number of nitrogens with zero attached hydrogens (tertiary/aromatic N) is 1. The van der Waals surface area contributed by atoms with Crippen molar-refractivity contribution in [2.45, 2.75) is 45.2 Å². The van der Waals surface area contributed by atoms with E-state index in [9.17, 15) is 0 Å². The number of hydrogen-bond acceptors (Lipinski definition) is 2. The average Bonchev–Trinajstić information content (AvgIpc) is 2.65. The van der Waals surface area contributed by atoms with Crippen molar-refractivity contribution in [3.8, 4) is 0 Å². The van der Waals surface area contributed by atoms with E-state index in [1.54, 1.807) is 0 Å². The Kier molecular flexibility index (Phi) is 4.23. The minimum atomic E-state index is 0.819. The molecule has 1 aliphatic heterocycles. The molecular formula is C12H18BrNS. The first kappa shape index (κ1) is 11.6. The standard InChI is InChI=1S/C12H18BrNS/c1-2-10-5-3-4-8-14(10)9-11-6-7-12(13)15-11/h6-7,10H,2-5,8-9H2,1H3. The summed E-state index contributed by atoms with van der Waals surface area (Å²) in [7, 11) is 0. The third kappa shape index (κ3) is 3.05. The van der Waals surface area contributed by atoms with Crippen molar-refractivity contribution < 1.29 is 0 Å². The molecule has 0 N–H and O–H groups in total. The lowest BCUT2D eigenvalue weighted by Gasteiger charge is -2.34. The lowest BCUT2D eigenvalue weighted by molar-refractivity contribution is 0.137. The van der Waals surface area contributed by atoms with Crippen LogP contribution in [0.3, 0.4) is 0 Å². The van der Waals surface area contributed by atoms with Gasteiger partial charge < -0.3 is 0 Å². The molecule has 0 aromatic carbocycles. The molecule has 1 unspecified atom stereocenters. The van der Waals surface area contributed by atoms with Crippen LogP contribution >= 0.6 is 27.3 Å². The molecule has 0 radical (unpaired) electrons. The molecule has 0 saturated carbocycles. The molecule has 0 amide bonds. The van der Waals surface area contributed by atoms with Crippen LogP contribution in [0.5, 0.6) is 0 Å². The summed E-state index contributed by atoms with van der Waals surface area (Å²) in [5.41, 5.74) is 0. The summed E-state index contributed by atoms with van der Waals surface area (Å²) in [6.07, 6.45) is 5.49. The fourth-order valence-electron chi connectivity index (χ4n) is 2.37. The van der Waals surface area contributed by atoms with Gasteiger partial charge in [0.25, 0.3) is 0 Å². The topological polar surface area (TPSA) is 3.24 Å². The summed E-state index contributed by atoms with van der Waals surface area (Å²) in [6, 6.07) is 5.22. The van der Waals surface area contributed by atoms with Crippen molar-refractivity contribution >= 4 is 27.3 Å². The number of piperidine rings is 1. The van der Waals surface area contributed by atoms with Crippen LogP contribution in [0.2, 0.25) is 0 Å². The van der Waals surface area contributed by atoms with Crippen molar-refractivity contribution in [1.29, 1.82) is 0 Å². The van der Waals surface area contributed by atoms with Gasteiger partial charge in [0.2, 0.25) is 0 Å². The molecule has 1 saturated heterocycles. The van der Waals surface area contributed by atoms with E-state index in [-0.39, 0.29) is 0 Å². The zero-order valence-corrected chi connectivity index (χ0v) is 11.6. The molecule has 84 valence electrons. The van der Waals surface area contributed by atoms with Gasteiger partial charge in [-0.2, -0.15) is 0 Å². The molecule has 3 heteroatoms. The maximum absolute atomic E-state index is 3.53. The molecule has 0 aliphatic carbocycles. The molecule has 2 rings (SSSR count). The summed E-state index contributed by atoms with van der Waals surface area (Å²) >= 11 is 5.40. The van der Waals surface area contributed by atoms with Crippen molar-refractivity contribution in [3.05, 3.63) is 20.8 Å². The maximum atomic E-state index is 3.53. The summed E-state index contributed by atoms with van der Waals surface area (Å²) < 4.78 is 1.25. The van der Waals surface area contributed by atoms with E-state index in [2.05, 4.69) is 39.9 Å². The van der Waals surface area contributed by atoms with Crippen molar-refractivity contribution in [1.82, 2.24) is 4.90 Å². The predicted octanol–water partition coefficient (Wildman–Crippen LogP) is 4.28. The minimum absolute atomic E-state index is 0.819. The van der Waals surface area contributed by atoms with Gasteiger partial charge in [-0.3, -0.25) is 4.90 Å². The Morgan fingerprint density at radius 3 is 3.00 bits per heavy atom. The highest BCUT2D eigenvalue weighted by molar-refractivity contribution is 9.11. The molecule has 1 aromatic heterocycles. The van der Waals surface area contributed by atoms with E-state index in [1.165, 1.54) is 40.9 Å². The fourth-order valence-corrected chi connectivity index (χ4v) is 3.88. The highest BCUT2D eigenvalue weighted by Crippen LogP contribution is 2.27. The van der Waals surface area contributed by atoms with E-state index >= 15 is 0 Å². The fraction of sp³-hybridized carbons (Fsp3) is 0.667. The second-order valence-corrected chi connectivity index (χ2v) is 6.78. The second kappa shape index (κ2) is 5.46. The third-order valence-electron chi connectivity index (χ3n) is 3.21. The van der Waals surface area contributed by atoms with Crippen molar-refractivity contribution in [3.63, 3.8) is 0 Å². The van der Waals surface area contributed by atoms with Crippen molar-refractivity contribution in [2.75, 3.05) is 6.54 Å². The van der Waals surface area contributed by atoms with E-state index in [0.717, 1.165) is 12.6 Å². The van der Waals surface area contributed by atoms with Gasteiger partial charge in [-0.1, -0.05) is 13.3 Å². The first-order valence-corrected chi connectivity index (χ1v) is 7.39. The minimum Gasteiger partial charge on any atom is -0.295 e.